The van der Waals surface area contributed by atoms with E-state index >= 15 is 0 Å². The fourth-order valence-corrected chi connectivity index (χ4v) is 7.65. The molecular formula is C39H39F2N7O4. The van der Waals surface area contributed by atoms with Crippen LogP contribution in [0, 0.1) is 11.6 Å². The molecule has 8 rings (SSSR count). The Kier molecular flexibility index (Phi) is 9.16. The van der Waals surface area contributed by atoms with E-state index in [1.807, 2.05) is 24.3 Å². The summed E-state index contributed by atoms with van der Waals surface area (Å²) >= 11 is 0. The number of imidazole rings is 1. The van der Waals surface area contributed by atoms with Crippen LogP contribution in [-0.4, -0.2) is 65.4 Å². The second kappa shape index (κ2) is 14.1. The second-order valence-corrected chi connectivity index (χ2v) is 13.8. The number of nitrogens with zero attached hydrogens (tertiary/aromatic N) is 6. The van der Waals surface area contributed by atoms with Gasteiger partial charge < -0.3 is 19.6 Å². The zero-order valence-electron chi connectivity index (χ0n) is 28.7. The molecular weight excluding hydrogens is 668 g/mol. The highest BCUT2D eigenvalue weighted by atomic mass is 19.1. The van der Waals surface area contributed by atoms with Gasteiger partial charge in [-0.1, -0.05) is 18.2 Å². The minimum absolute atomic E-state index is 0.0279. The molecule has 2 fully saturated rings. The average molecular weight is 708 g/mol. The Labute approximate surface area is 297 Å². The van der Waals surface area contributed by atoms with Gasteiger partial charge in [0.1, 0.15) is 23.0 Å². The van der Waals surface area contributed by atoms with Crippen molar-refractivity contribution in [3.05, 3.63) is 123 Å². The Hall–Kier alpha value is -5.24. The van der Waals surface area contributed by atoms with Crippen LogP contribution >= 0.6 is 0 Å². The number of halogens is 2. The van der Waals surface area contributed by atoms with Gasteiger partial charge >= 0.3 is 5.69 Å². The van der Waals surface area contributed by atoms with Gasteiger partial charge in [-0.25, -0.2) is 28.1 Å². The van der Waals surface area contributed by atoms with E-state index in [4.69, 9.17) is 4.74 Å². The molecule has 268 valence electrons. The second-order valence-electron chi connectivity index (χ2n) is 13.8. The van der Waals surface area contributed by atoms with Gasteiger partial charge in [0.05, 0.1) is 36.2 Å². The number of morpholine rings is 1. The standard InChI is InChI=1S/C39H39F2N7O4/c1-24-23-52-14-13-45(24)20-26-16-33(49)10-11-34(26)25-3-2-4-32(15-25)47-37-35(17-28(41)18-43-37)38(50)48(39(47)51)31-8-6-29(7-9-31)42-19-30-22-46-21-27(40)5-12-36(46)44-30/h2-5,10-12,15-18,21-22,24,29,31,42,49H,6-9,13-14,19-20,23H2,1H3/t24-,29-,31+/m0/s1. The van der Waals surface area contributed by atoms with E-state index in [9.17, 15) is 23.5 Å². The number of rotatable bonds is 8. The fraction of sp³-hybridized carbons (Fsp3) is 0.333. The molecule has 2 aromatic carbocycles. The van der Waals surface area contributed by atoms with Gasteiger partial charge in [0.2, 0.25) is 0 Å². The van der Waals surface area contributed by atoms with Gasteiger partial charge in [-0.2, -0.15) is 0 Å². The number of pyridine rings is 2. The number of aromatic hydroxyl groups is 1. The summed E-state index contributed by atoms with van der Waals surface area (Å²) in [7, 11) is 0. The molecule has 11 nitrogen and oxygen atoms in total. The number of phenolic OH excluding ortho intramolecular Hbond substituents is 1. The lowest BCUT2D eigenvalue weighted by atomic mass is 9.91. The third-order valence-electron chi connectivity index (χ3n) is 10.4. The summed E-state index contributed by atoms with van der Waals surface area (Å²) in [5, 5.41) is 14.0. The molecule has 0 radical (unpaired) electrons. The molecule has 0 amide bonds. The highest BCUT2D eigenvalue weighted by molar-refractivity contribution is 5.77. The van der Waals surface area contributed by atoms with Gasteiger partial charge in [-0.3, -0.25) is 14.3 Å². The smallest absolute Gasteiger partial charge is 0.337 e. The van der Waals surface area contributed by atoms with Gasteiger partial charge in [0, 0.05) is 50.2 Å². The van der Waals surface area contributed by atoms with Crippen molar-refractivity contribution in [1.29, 1.82) is 0 Å². The van der Waals surface area contributed by atoms with E-state index in [2.05, 4.69) is 27.1 Å². The molecule has 1 aliphatic carbocycles. The quantitative estimate of drug-likeness (QED) is 0.218. The molecule has 0 bridgehead atoms. The van der Waals surface area contributed by atoms with Crippen LogP contribution in [0.25, 0.3) is 33.5 Å². The molecule has 2 aliphatic rings. The van der Waals surface area contributed by atoms with Gasteiger partial charge in [-0.15, -0.1) is 0 Å². The number of hydrogen-bond donors (Lipinski definition) is 2. The summed E-state index contributed by atoms with van der Waals surface area (Å²) in [4.78, 5) is 39.5. The lowest BCUT2D eigenvalue weighted by molar-refractivity contribution is -0.00431. The Balaban J connectivity index is 1.09. The highest BCUT2D eigenvalue weighted by Gasteiger charge is 2.28. The summed E-state index contributed by atoms with van der Waals surface area (Å²) in [5.74, 6) is -0.838. The third-order valence-corrected chi connectivity index (χ3v) is 10.4. The van der Waals surface area contributed by atoms with E-state index in [-0.39, 0.29) is 34.7 Å². The van der Waals surface area contributed by atoms with Crippen LogP contribution in [0.4, 0.5) is 8.78 Å². The third kappa shape index (κ3) is 6.62. The number of aromatic nitrogens is 5. The van der Waals surface area contributed by atoms with Crippen LogP contribution < -0.4 is 16.6 Å². The van der Waals surface area contributed by atoms with Crippen molar-refractivity contribution in [2.24, 2.45) is 0 Å². The summed E-state index contributed by atoms with van der Waals surface area (Å²) in [6.07, 6.45) is 6.74. The number of nitrogens with one attached hydrogen (secondary N) is 1. The average Bonchev–Trinajstić information content (AvgIpc) is 3.55. The molecule has 1 saturated carbocycles. The van der Waals surface area contributed by atoms with E-state index in [1.165, 1.54) is 21.4 Å². The molecule has 1 atom stereocenters. The highest BCUT2D eigenvalue weighted by Crippen LogP contribution is 2.31. The number of ether oxygens (including phenoxy) is 1. The number of hydrogen-bond acceptors (Lipinski definition) is 8. The predicted octanol–water partition coefficient (Wildman–Crippen LogP) is 5.34. The van der Waals surface area contributed by atoms with Gasteiger partial charge in [0.15, 0.2) is 5.65 Å². The topological polar surface area (TPSA) is 119 Å². The summed E-state index contributed by atoms with van der Waals surface area (Å²) in [5.41, 5.74) is 3.56. The van der Waals surface area contributed by atoms with Crippen molar-refractivity contribution in [2.75, 3.05) is 19.8 Å². The monoisotopic (exact) mass is 707 g/mol. The Morgan fingerprint density at radius 1 is 0.981 bits per heavy atom. The molecule has 1 saturated heterocycles. The molecule has 52 heavy (non-hydrogen) atoms. The van der Waals surface area contributed by atoms with E-state index in [0.29, 0.717) is 63.3 Å². The van der Waals surface area contributed by atoms with E-state index in [0.717, 1.165) is 41.2 Å². The fourth-order valence-electron chi connectivity index (χ4n) is 7.65. The molecule has 2 N–H and O–H groups in total. The van der Waals surface area contributed by atoms with Crippen molar-refractivity contribution in [2.45, 2.75) is 63.8 Å². The molecule has 5 heterocycles. The summed E-state index contributed by atoms with van der Waals surface area (Å²) < 4.78 is 38.2. The first-order valence-corrected chi connectivity index (χ1v) is 17.7. The minimum atomic E-state index is -0.663. The van der Waals surface area contributed by atoms with Crippen LogP contribution in [0.5, 0.6) is 5.75 Å². The molecule has 0 spiro atoms. The van der Waals surface area contributed by atoms with Crippen molar-refractivity contribution >= 4 is 16.7 Å². The van der Waals surface area contributed by atoms with Crippen LogP contribution in [0.2, 0.25) is 0 Å². The van der Waals surface area contributed by atoms with Crippen molar-refractivity contribution in [1.82, 2.24) is 33.7 Å². The van der Waals surface area contributed by atoms with Crippen molar-refractivity contribution in [3.8, 4) is 22.6 Å². The lowest BCUT2D eigenvalue weighted by Crippen LogP contribution is -2.44. The number of benzene rings is 2. The Bertz CT molecular complexity index is 2400. The molecule has 1 aliphatic heterocycles. The zero-order valence-corrected chi connectivity index (χ0v) is 28.7. The SMILES string of the molecule is C[C@H]1COCCN1Cc1cc(O)ccc1-c1cccc(-n2c(=O)n([C@H]3CC[C@@H](NCc4cn5cc(F)ccc5n4)CC3)c(=O)c3cc(F)cnc32)c1. The number of phenols is 1. The maximum absolute atomic E-state index is 14.6. The first-order valence-electron chi connectivity index (χ1n) is 17.7. The van der Waals surface area contributed by atoms with Crippen molar-refractivity contribution < 1.29 is 18.6 Å². The zero-order chi connectivity index (χ0) is 35.9. The molecule has 13 heteroatoms. The summed E-state index contributed by atoms with van der Waals surface area (Å²) in [6, 6.07) is 16.8. The number of fused-ring (bicyclic) bond motifs is 2. The van der Waals surface area contributed by atoms with Gasteiger partial charge in [0.25, 0.3) is 5.56 Å². The minimum Gasteiger partial charge on any atom is -0.508 e. The van der Waals surface area contributed by atoms with Crippen LogP contribution in [-0.2, 0) is 17.8 Å². The first-order chi connectivity index (χ1) is 25.2. The molecule has 4 aromatic heterocycles. The normalized spacial score (nSPS) is 19.8. The van der Waals surface area contributed by atoms with Crippen LogP contribution in [0.15, 0.2) is 88.8 Å². The molecule has 0 unspecified atom stereocenters. The maximum atomic E-state index is 14.6. The predicted molar refractivity (Wildman–Crippen MR) is 193 cm³/mol. The van der Waals surface area contributed by atoms with E-state index < -0.39 is 23.1 Å². The first kappa shape index (κ1) is 33.9. The van der Waals surface area contributed by atoms with E-state index in [1.54, 1.807) is 34.9 Å². The lowest BCUT2D eigenvalue weighted by Gasteiger charge is -2.33. The summed E-state index contributed by atoms with van der Waals surface area (Å²) in [6.45, 7) is 5.25. The van der Waals surface area contributed by atoms with Gasteiger partial charge in [-0.05, 0) is 91.8 Å². The van der Waals surface area contributed by atoms with Crippen LogP contribution in [0.3, 0.4) is 0 Å². The molecule has 6 aromatic rings. The Morgan fingerprint density at radius 3 is 2.65 bits per heavy atom. The van der Waals surface area contributed by atoms with Crippen LogP contribution in [0.1, 0.15) is 49.9 Å². The maximum Gasteiger partial charge on any atom is 0.337 e. The Morgan fingerprint density at radius 2 is 1.83 bits per heavy atom. The van der Waals surface area contributed by atoms with Crippen molar-refractivity contribution in [3.63, 3.8) is 0 Å². The largest absolute Gasteiger partial charge is 0.508 e.